The minimum atomic E-state index is -0.644. The van der Waals surface area contributed by atoms with Gasteiger partial charge in [-0.05, 0) is 12.8 Å². The Morgan fingerprint density at radius 2 is 2.33 bits per heavy atom. The van der Waals surface area contributed by atoms with Crippen molar-refractivity contribution in [1.82, 2.24) is 0 Å². The first-order valence-corrected chi connectivity index (χ1v) is 3.15. The van der Waals surface area contributed by atoms with Gasteiger partial charge in [-0.25, -0.2) is 4.79 Å². The molecule has 0 saturated heterocycles. The molecule has 4 nitrogen and oxygen atoms in total. The number of nitrogens with zero attached hydrogens (tertiary/aromatic N) is 1. The molecule has 0 aliphatic heterocycles. The lowest BCUT2D eigenvalue weighted by molar-refractivity contribution is 0.447. The zero-order valence-corrected chi connectivity index (χ0v) is 6.28. The minimum Gasteiger partial charge on any atom is -0.505 e. The fourth-order valence-corrected chi connectivity index (χ4v) is 0.790. The van der Waals surface area contributed by atoms with Crippen LogP contribution in [0.5, 0.6) is 5.75 Å². The van der Waals surface area contributed by atoms with Crippen molar-refractivity contribution in [3.63, 3.8) is 0 Å². The predicted molar refractivity (Wildman–Crippen MR) is 45.9 cm³/mol. The molecule has 0 fully saturated rings. The number of aromatic hydroxyl groups is 1. The quantitative estimate of drug-likeness (QED) is 0.672. The smallest absolute Gasteiger partial charge is 0.340 e. The van der Waals surface area contributed by atoms with Crippen molar-refractivity contribution in [3.8, 4) is 5.75 Å². The van der Waals surface area contributed by atoms with E-state index in [0.717, 1.165) is 6.07 Å². The molecule has 1 rings (SSSR count). The highest BCUT2D eigenvalue weighted by atomic mass is 16.4. The molecule has 0 amide bonds. The summed E-state index contributed by atoms with van der Waals surface area (Å²) in [5.41, 5.74) is -0.514. The van der Waals surface area contributed by atoms with Gasteiger partial charge < -0.3 is 9.52 Å². The average Bonchev–Trinajstić information content (AvgIpc) is 2.03. The molecule has 62 valence electrons. The first-order chi connectivity index (χ1) is 5.69. The average molecular weight is 165 g/mol. The van der Waals surface area contributed by atoms with E-state index in [2.05, 4.69) is 22.7 Å². The molecule has 0 aromatic carbocycles. The molecular formula is C8H7NO3. The molecule has 12 heavy (non-hydrogen) atoms. The summed E-state index contributed by atoms with van der Waals surface area (Å²) in [4.78, 5) is 14.2. The van der Waals surface area contributed by atoms with Crippen LogP contribution in [0.15, 0.2) is 26.8 Å². The first kappa shape index (κ1) is 8.26. The van der Waals surface area contributed by atoms with Crippen LogP contribution in [0, 0.1) is 0 Å². The highest BCUT2D eigenvalue weighted by Gasteiger charge is 2.06. The lowest BCUT2D eigenvalue weighted by atomic mass is 10.3. The fraction of sp³-hybridized carbons (Fsp3) is 0. The lowest BCUT2D eigenvalue weighted by Crippen LogP contribution is -1.96. The molecule has 1 N–H and O–H groups in total. The minimum absolute atomic E-state index is 0.120. The second-order valence-electron chi connectivity index (χ2n) is 2.03. The second-order valence-corrected chi connectivity index (χ2v) is 2.03. The van der Waals surface area contributed by atoms with E-state index < -0.39 is 5.63 Å². The summed E-state index contributed by atoms with van der Waals surface area (Å²) >= 11 is 0. The van der Waals surface area contributed by atoms with Crippen molar-refractivity contribution >= 4 is 18.5 Å². The van der Waals surface area contributed by atoms with Crippen LogP contribution in [0.3, 0.4) is 0 Å². The van der Waals surface area contributed by atoms with Gasteiger partial charge in [0.15, 0.2) is 11.5 Å². The van der Waals surface area contributed by atoms with E-state index >= 15 is 0 Å². The van der Waals surface area contributed by atoms with Gasteiger partial charge in [-0.15, -0.1) is 0 Å². The zero-order valence-electron chi connectivity index (χ0n) is 6.28. The molecule has 1 aromatic heterocycles. The standard InChI is InChI=1S/C8H7NO3/c1-3-6-8(9-2)5(10)4-7(11)12-6/h3-4,10H,1-2H2. The summed E-state index contributed by atoms with van der Waals surface area (Å²) in [7, 11) is 0. The molecule has 1 heterocycles. The third-order valence-electron chi connectivity index (χ3n) is 1.28. The molecule has 4 heteroatoms. The van der Waals surface area contributed by atoms with Crippen LogP contribution < -0.4 is 5.63 Å². The van der Waals surface area contributed by atoms with Gasteiger partial charge in [-0.1, -0.05) is 6.58 Å². The topological polar surface area (TPSA) is 62.8 Å². The normalized spacial score (nSPS) is 9.33. The molecule has 0 bridgehead atoms. The molecule has 0 aliphatic carbocycles. The lowest BCUT2D eigenvalue weighted by Gasteiger charge is -1.99. The van der Waals surface area contributed by atoms with Crippen LogP contribution in [0.25, 0.3) is 6.08 Å². The zero-order chi connectivity index (χ0) is 9.14. The highest BCUT2D eigenvalue weighted by Crippen LogP contribution is 2.28. The van der Waals surface area contributed by atoms with Gasteiger partial charge in [0.25, 0.3) is 0 Å². The third kappa shape index (κ3) is 1.27. The van der Waals surface area contributed by atoms with Gasteiger partial charge in [0.2, 0.25) is 0 Å². The van der Waals surface area contributed by atoms with Gasteiger partial charge in [0.1, 0.15) is 5.69 Å². The van der Waals surface area contributed by atoms with Crippen molar-refractivity contribution in [2.75, 3.05) is 0 Å². The van der Waals surface area contributed by atoms with Gasteiger partial charge in [0.05, 0.1) is 6.07 Å². The Bertz CT molecular complexity index is 378. The predicted octanol–water partition coefficient (Wildman–Crippen LogP) is 1.32. The van der Waals surface area contributed by atoms with Gasteiger partial charge in [0, 0.05) is 0 Å². The summed E-state index contributed by atoms with van der Waals surface area (Å²) in [6, 6.07) is 0.928. The van der Waals surface area contributed by atoms with Crippen molar-refractivity contribution in [1.29, 1.82) is 0 Å². The van der Waals surface area contributed by atoms with E-state index in [1.54, 1.807) is 0 Å². The largest absolute Gasteiger partial charge is 0.505 e. The Hall–Kier alpha value is -1.84. The van der Waals surface area contributed by atoms with Crippen LogP contribution in [0.1, 0.15) is 5.76 Å². The fourth-order valence-electron chi connectivity index (χ4n) is 0.790. The summed E-state index contributed by atoms with van der Waals surface area (Å²) in [6.45, 7) is 6.60. The van der Waals surface area contributed by atoms with Crippen LogP contribution >= 0.6 is 0 Å². The molecule has 0 spiro atoms. The van der Waals surface area contributed by atoms with E-state index in [1.807, 2.05) is 0 Å². The highest BCUT2D eigenvalue weighted by molar-refractivity contribution is 5.65. The summed E-state index contributed by atoms with van der Waals surface area (Å²) < 4.78 is 4.66. The van der Waals surface area contributed by atoms with Crippen molar-refractivity contribution in [2.24, 2.45) is 4.99 Å². The van der Waals surface area contributed by atoms with Gasteiger partial charge in [-0.2, -0.15) is 0 Å². The maximum atomic E-state index is 10.7. The molecule has 0 atom stereocenters. The van der Waals surface area contributed by atoms with Crippen molar-refractivity contribution in [2.45, 2.75) is 0 Å². The van der Waals surface area contributed by atoms with Crippen molar-refractivity contribution < 1.29 is 9.52 Å². The van der Waals surface area contributed by atoms with Crippen LogP contribution in [0.2, 0.25) is 0 Å². The maximum Gasteiger partial charge on any atom is 0.340 e. The van der Waals surface area contributed by atoms with E-state index in [4.69, 9.17) is 5.11 Å². The van der Waals surface area contributed by atoms with E-state index in [0.29, 0.717) is 0 Å². The number of hydrogen-bond donors (Lipinski definition) is 1. The maximum absolute atomic E-state index is 10.7. The Morgan fingerprint density at radius 1 is 1.67 bits per heavy atom. The molecule has 1 aromatic rings. The summed E-state index contributed by atoms with van der Waals surface area (Å²) in [6.07, 6.45) is 1.28. The van der Waals surface area contributed by atoms with Crippen LogP contribution in [-0.4, -0.2) is 11.8 Å². The Labute approximate surface area is 68.5 Å². The second kappa shape index (κ2) is 3.04. The van der Waals surface area contributed by atoms with E-state index in [9.17, 15) is 4.79 Å². The molecule has 0 aliphatic rings. The first-order valence-electron chi connectivity index (χ1n) is 3.15. The van der Waals surface area contributed by atoms with Crippen LogP contribution in [-0.2, 0) is 0 Å². The van der Waals surface area contributed by atoms with Crippen LogP contribution in [0.4, 0.5) is 5.69 Å². The van der Waals surface area contributed by atoms with Gasteiger partial charge >= 0.3 is 5.63 Å². The van der Waals surface area contributed by atoms with Crippen molar-refractivity contribution in [3.05, 3.63) is 28.8 Å². The number of hydrogen-bond acceptors (Lipinski definition) is 4. The summed E-state index contributed by atoms with van der Waals surface area (Å²) in [5, 5.41) is 9.16. The monoisotopic (exact) mass is 165 g/mol. The number of rotatable bonds is 2. The molecule has 0 saturated carbocycles. The molecular weight excluding hydrogens is 158 g/mol. The number of aliphatic imine (C=N–C) groups is 1. The Kier molecular flexibility index (Phi) is 2.09. The third-order valence-corrected chi connectivity index (χ3v) is 1.28. The summed E-state index contributed by atoms with van der Waals surface area (Å²) in [5.74, 6) is -0.133. The Balaban J connectivity index is 3.53. The Morgan fingerprint density at radius 3 is 2.83 bits per heavy atom. The van der Waals surface area contributed by atoms with E-state index in [-0.39, 0.29) is 17.2 Å². The molecule has 0 unspecified atom stereocenters. The van der Waals surface area contributed by atoms with Gasteiger partial charge in [-0.3, -0.25) is 4.99 Å². The SMILES string of the molecule is C=Cc1oc(=O)cc(O)c1N=C. The molecule has 0 radical (unpaired) electrons. The van der Waals surface area contributed by atoms with E-state index in [1.165, 1.54) is 6.08 Å².